The summed E-state index contributed by atoms with van der Waals surface area (Å²) in [5.74, 6) is -0.399. The molecule has 20 heavy (non-hydrogen) atoms. The third kappa shape index (κ3) is 3.01. The summed E-state index contributed by atoms with van der Waals surface area (Å²) >= 11 is 18.2. The number of anilines is 2. The maximum atomic E-state index is 12.2. The molecule has 0 saturated heterocycles. The van der Waals surface area contributed by atoms with Gasteiger partial charge in [-0.25, -0.2) is 0 Å². The zero-order valence-corrected chi connectivity index (χ0v) is 12.8. The highest BCUT2D eigenvalue weighted by Gasteiger charge is 2.15. The summed E-state index contributed by atoms with van der Waals surface area (Å²) in [6.07, 6.45) is 0. The van der Waals surface area contributed by atoms with Crippen molar-refractivity contribution in [1.29, 1.82) is 0 Å². The second-order valence-electron chi connectivity index (χ2n) is 4.25. The Morgan fingerprint density at radius 3 is 2.45 bits per heavy atom. The van der Waals surface area contributed by atoms with Gasteiger partial charge in [0.2, 0.25) is 0 Å². The Labute approximate surface area is 131 Å². The minimum atomic E-state index is -0.399. The molecule has 2 rings (SSSR count). The van der Waals surface area contributed by atoms with Crippen molar-refractivity contribution in [2.75, 3.05) is 11.1 Å². The van der Waals surface area contributed by atoms with E-state index in [2.05, 4.69) is 5.32 Å². The molecule has 0 bridgehead atoms. The summed E-state index contributed by atoms with van der Waals surface area (Å²) in [7, 11) is 0. The van der Waals surface area contributed by atoms with Crippen LogP contribution >= 0.6 is 34.8 Å². The highest BCUT2D eigenvalue weighted by atomic mass is 35.5. The van der Waals surface area contributed by atoms with Gasteiger partial charge in [0.25, 0.3) is 5.91 Å². The molecule has 6 heteroatoms. The second-order valence-corrected chi connectivity index (χ2v) is 5.44. The fraction of sp³-hybridized carbons (Fsp3) is 0.0714. The molecule has 0 atom stereocenters. The van der Waals surface area contributed by atoms with Crippen LogP contribution in [0.1, 0.15) is 15.9 Å². The Balaban J connectivity index is 2.35. The zero-order valence-electron chi connectivity index (χ0n) is 10.5. The van der Waals surface area contributed by atoms with Crippen LogP contribution in [0.5, 0.6) is 0 Å². The molecule has 0 aromatic heterocycles. The van der Waals surface area contributed by atoms with Crippen LogP contribution in [0.3, 0.4) is 0 Å². The fourth-order valence-corrected chi connectivity index (χ4v) is 2.41. The smallest absolute Gasteiger partial charge is 0.257 e. The van der Waals surface area contributed by atoms with Gasteiger partial charge in [0.15, 0.2) is 0 Å². The molecular weight excluding hydrogens is 319 g/mol. The fourth-order valence-electron chi connectivity index (χ4n) is 1.67. The molecule has 0 fully saturated rings. The predicted octanol–water partition coefficient (Wildman–Crippen LogP) is 4.79. The van der Waals surface area contributed by atoms with Gasteiger partial charge < -0.3 is 11.1 Å². The topological polar surface area (TPSA) is 55.1 Å². The molecule has 2 aromatic carbocycles. The average Bonchev–Trinajstić information content (AvgIpc) is 2.39. The van der Waals surface area contributed by atoms with Crippen LogP contribution in [-0.2, 0) is 0 Å². The Morgan fingerprint density at radius 1 is 1.10 bits per heavy atom. The molecule has 2 aromatic rings. The number of nitrogen functional groups attached to an aromatic ring is 1. The molecule has 0 aliphatic rings. The lowest BCUT2D eigenvalue weighted by Gasteiger charge is -2.12. The number of aryl methyl sites for hydroxylation is 1. The predicted molar refractivity (Wildman–Crippen MR) is 85.0 cm³/mol. The molecule has 0 heterocycles. The molecule has 104 valence electrons. The molecule has 0 aliphatic carbocycles. The van der Waals surface area contributed by atoms with Gasteiger partial charge in [-0.1, -0.05) is 40.9 Å². The quantitative estimate of drug-likeness (QED) is 0.778. The Hall–Kier alpha value is -1.42. The number of hydrogen-bond donors (Lipinski definition) is 2. The molecule has 3 nitrogen and oxygen atoms in total. The van der Waals surface area contributed by atoms with E-state index in [0.29, 0.717) is 27.0 Å². The van der Waals surface area contributed by atoms with Gasteiger partial charge in [0, 0.05) is 5.69 Å². The van der Waals surface area contributed by atoms with Crippen LogP contribution in [0, 0.1) is 6.92 Å². The first kappa shape index (κ1) is 15.0. The molecule has 0 saturated carbocycles. The number of carbonyl (C=O) groups excluding carboxylic acids is 1. The first-order valence-electron chi connectivity index (χ1n) is 5.71. The van der Waals surface area contributed by atoms with E-state index in [-0.39, 0.29) is 5.02 Å². The van der Waals surface area contributed by atoms with Crippen LogP contribution in [0.15, 0.2) is 30.3 Å². The monoisotopic (exact) mass is 328 g/mol. The summed E-state index contributed by atoms with van der Waals surface area (Å²) in [4.78, 5) is 12.2. The van der Waals surface area contributed by atoms with Crippen molar-refractivity contribution in [3.8, 4) is 0 Å². The van der Waals surface area contributed by atoms with Crippen molar-refractivity contribution < 1.29 is 4.79 Å². The maximum Gasteiger partial charge on any atom is 0.257 e. The minimum Gasteiger partial charge on any atom is -0.399 e. The number of rotatable bonds is 2. The lowest BCUT2D eigenvalue weighted by Crippen LogP contribution is -2.13. The van der Waals surface area contributed by atoms with Crippen LogP contribution in [0.4, 0.5) is 11.4 Å². The van der Waals surface area contributed by atoms with Gasteiger partial charge in [0.05, 0.1) is 26.3 Å². The highest BCUT2D eigenvalue weighted by Crippen LogP contribution is 2.33. The second kappa shape index (κ2) is 5.92. The SMILES string of the molecule is Cc1ccc(Cl)c(NC(=O)c2ccc(N)cc2Cl)c1Cl. The average molecular weight is 330 g/mol. The normalized spacial score (nSPS) is 10.4. The van der Waals surface area contributed by atoms with Crippen molar-refractivity contribution in [3.63, 3.8) is 0 Å². The van der Waals surface area contributed by atoms with Gasteiger partial charge in [-0.2, -0.15) is 0 Å². The first-order valence-corrected chi connectivity index (χ1v) is 6.84. The van der Waals surface area contributed by atoms with E-state index in [1.165, 1.54) is 6.07 Å². The lowest BCUT2D eigenvalue weighted by molar-refractivity contribution is 0.102. The molecular formula is C14H11Cl3N2O. The highest BCUT2D eigenvalue weighted by molar-refractivity contribution is 6.41. The molecule has 0 aliphatic heterocycles. The Morgan fingerprint density at radius 2 is 1.80 bits per heavy atom. The van der Waals surface area contributed by atoms with Gasteiger partial charge in [-0.15, -0.1) is 0 Å². The van der Waals surface area contributed by atoms with Crippen molar-refractivity contribution in [1.82, 2.24) is 0 Å². The molecule has 3 N–H and O–H groups in total. The third-order valence-corrected chi connectivity index (χ3v) is 3.88. The number of nitrogens with one attached hydrogen (secondary N) is 1. The number of hydrogen-bond acceptors (Lipinski definition) is 2. The van der Waals surface area contributed by atoms with Crippen LogP contribution in [0.2, 0.25) is 15.1 Å². The van der Waals surface area contributed by atoms with E-state index in [4.69, 9.17) is 40.5 Å². The zero-order chi connectivity index (χ0) is 14.9. The van der Waals surface area contributed by atoms with Crippen molar-refractivity contribution in [2.24, 2.45) is 0 Å². The number of benzene rings is 2. The summed E-state index contributed by atoms with van der Waals surface area (Å²) < 4.78 is 0. The van der Waals surface area contributed by atoms with E-state index >= 15 is 0 Å². The van der Waals surface area contributed by atoms with Gasteiger partial charge in [0.1, 0.15) is 0 Å². The van der Waals surface area contributed by atoms with E-state index in [9.17, 15) is 4.79 Å². The van der Waals surface area contributed by atoms with Crippen LogP contribution in [0.25, 0.3) is 0 Å². The van der Waals surface area contributed by atoms with Crippen molar-refractivity contribution >= 4 is 52.1 Å². The van der Waals surface area contributed by atoms with Gasteiger partial charge in [-0.05, 0) is 36.8 Å². The Kier molecular flexibility index (Phi) is 4.43. The van der Waals surface area contributed by atoms with Gasteiger partial charge >= 0.3 is 0 Å². The number of carbonyl (C=O) groups is 1. The summed E-state index contributed by atoms with van der Waals surface area (Å²) in [6.45, 7) is 1.82. The number of halogens is 3. The maximum absolute atomic E-state index is 12.2. The van der Waals surface area contributed by atoms with E-state index < -0.39 is 5.91 Å². The van der Waals surface area contributed by atoms with Crippen LogP contribution in [-0.4, -0.2) is 5.91 Å². The summed E-state index contributed by atoms with van der Waals surface area (Å²) in [5, 5.41) is 3.70. The van der Waals surface area contributed by atoms with Crippen LogP contribution < -0.4 is 11.1 Å². The van der Waals surface area contributed by atoms with Crippen molar-refractivity contribution in [2.45, 2.75) is 6.92 Å². The summed E-state index contributed by atoms with van der Waals surface area (Å²) in [6, 6.07) is 8.10. The Bertz CT molecular complexity index is 686. The first-order chi connectivity index (χ1) is 9.40. The standard InChI is InChI=1S/C14H11Cl3N2O/c1-7-2-5-10(15)13(12(7)17)19-14(20)9-4-3-8(18)6-11(9)16/h2-6H,18H2,1H3,(H,19,20). The molecule has 0 radical (unpaired) electrons. The van der Waals surface area contributed by atoms with Crippen molar-refractivity contribution in [3.05, 3.63) is 56.5 Å². The number of amides is 1. The lowest BCUT2D eigenvalue weighted by atomic mass is 10.1. The molecule has 0 spiro atoms. The summed E-state index contributed by atoms with van der Waals surface area (Å²) in [5.41, 5.74) is 7.56. The number of nitrogens with two attached hydrogens (primary N) is 1. The largest absolute Gasteiger partial charge is 0.399 e. The third-order valence-electron chi connectivity index (χ3n) is 2.76. The molecule has 0 unspecified atom stereocenters. The van der Waals surface area contributed by atoms with Gasteiger partial charge in [-0.3, -0.25) is 4.79 Å². The van der Waals surface area contributed by atoms with E-state index in [1.807, 2.05) is 6.92 Å². The van der Waals surface area contributed by atoms with E-state index in [0.717, 1.165) is 5.56 Å². The van der Waals surface area contributed by atoms with E-state index in [1.54, 1.807) is 24.3 Å². The molecule has 1 amide bonds. The minimum absolute atomic E-state index is 0.266.